The first-order chi connectivity index (χ1) is 9.03. The topological polar surface area (TPSA) is 46.2 Å². The highest BCUT2D eigenvalue weighted by Crippen LogP contribution is 2.42. The van der Waals surface area contributed by atoms with Crippen molar-refractivity contribution in [3.63, 3.8) is 0 Å². The molecule has 1 spiro atoms. The second-order valence-electron chi connectivity index (χ2n) is 6.12. The van der Waals surface area contributed by atoms with Crippen LogP contribution in [-0.2, 0) is 9.84 Å². The zero-order chi connectivity index (χ0) is 13.5. The lowest BCUT2D eigenvalue weighted by Crippen LogP contribution is -2.36. The van der Waals surface area contributed by atoms with E-state index in [2.05, 4.69) is 5.32 Å². The molecule has 104 valence electrons. The van der Waals surface area contributed by atoms with Crippen molar-refractivity contribution in [2.45, 2.75) is 43.9 Å². The molecule has 19 heavy (non-hydrogen) atoms. The molecule has 2 aliphatic rings. The summed E-state index contributed by atoms with van der Waals surface area (Å²) < 4.78 is 25.4. The number of aryl methyl sites for hydroxylation is 1. The Balaban J connectivity index is 2.06. The lowest BCUT2D eigenvalue weighted by Gasteiger charge is -2.35. The maximum Gasteiger partial charge on any atom is 0.181 e. The largest absolute Gasteiger partial charge is 0.383 e. The molecular formula is C15H21NO2S. The van der Waals surface area contributed by atoms with Crippen LogP contribution in [0.1, 0.15) is 37.7 Å². The number of para-hydroxylation sites is 1. The first-order valence-corrected chi connectivity index (χ1v) is 8.74. The van der Waals surface area contributed by atoms with Gasteiger partial charge in [-0.2, -0.15) is 0 Å². The minimum absolute atomic E-state index is 0.0530. The number of hydrogen-bond donors (Lipinski definition) is 1. The van der Waals surface area contributed by atoms with Gasteiger partial charge in [-0.15, -0.1) is 0 Å². The highest BCUT2D eigenvalue weighted by atomic mass is 32.2. The lowest BCUT2D eigenvalue weighted by atomic mass is 9.75. The first-order valence-electron chi connectivity index (χ1n) is 7.09. The Labute approximate surface area is 115 Å². The molecule has 1 aliphatic carbocycles. The average molecular weight is 279 g/mol. The Bertz CT molecular complexity index is 586. The maximum atomic E-state index is 12.7. The fraction of sp³-hybridized carbons (Fsp3) is 0.600. The van der Waals surface area contributed by atoms with Crippen molar-refractivity contribution in [2.24, 2.45) is 5.41 Å². The molecule has 4 heteroatoms. The van der Waals surface area contributed by atoms with Gasteiger partial charge in [0.15, 0.2) is 9.84 Å². The number of sulfone groups is 1. The van der Waals surface area contributed by atoms with Crippen LogP contribution >= 0.6 is 0 Å². The van der Waals surface area contributed by atoms with Gasteiger partial charge in [-0.3, -0.25) is 0 Å². The molecule has 1 aromatic rings. The molecule has 0 amide bonds. The zero-order valence-corrected chi connectivity index (χ0v) is 12.2. The second kappa shape index (κ2) is 4.51. The summed E-state index contributed by atoms with van der Waals surface area (Å²) in [5, 5.41) is 3.43. The highest BCUT2D eigenvalue weighted by Gasteiger charge is 2.40. The number of fused-ring (bicyclic) bond motifs is 1. The van der Waals surface area contributed by atoms with E-state index >= 15 is 0 Å². The van der Waals surface area contributed by atoms with E-state index in [1.807, 2.05) is 19.1 Å². The monoisotopic (exact) mass is 279 g/mol. The summed E-state index contributed by atoms with van der Waals surface area (Å²) in [5.74, 6) is 0.309. The zero-order valence-electron chi connectivity index (χ0n) is 11.4. The van der Waals surface area contributed by atoms with E-state index in [0.29, 0.717) is 10.6 Å². The first kappa shape index (κ1) is 13.0. The summed E-state index contributed by atoms with van der Waals surface area (Å²) >= 11 is 0. The summed E-state index contributed by atoms with van der Waals surface area (Å²) in [6.07, 6.45) is 5.63. The number of anilines is 1. The van der Waals surface area contributed by atoms with E-state index in [4.69, 9.17) is 0 Å². The lowest BCUT2D eigenvalue weighted by molar-refractivity contribution is 0.237. The van der Waals surface area contributed by atoms with Crippen LogP contribution in [0.4, 0.5) is 5.69 Å². The van der Waals surface area contributed by atoms with E-state index in [-0.39, 0.29) is 5.41 Å². The molecule has 0 bridgehead atoms. The van der Waals surface area contributed by atoms with Gasteiger partial charge in [0.2, 0.25) is 0 Å². The number of benzene rings is 1. The van der Waals surface area contributed by atoms with Gasteiger partial charge in [0.05, 0.1) is 16.3 Å². The molecule has 0 aromatic heterocycles. The van der Waals surface area contributed by atoms with Crippen LogP contribution in [0.25, 0.3) is 0 Å². The van der Waals surface area contributed by atoms with Crippen LogP contribution < -0.4 is 5.32 Å². The molecule has 3 rings (SSSR count). The van der Waals surface area contributed by atoms with Crippen molar-refractivity contribution in [3.8, 4) is 0 Å². The predicted octanol–water partition coefficient (Wildman–Crippen LogP) is 3.14. The van der Waals surface area contributed by atoms with E-state index in [1.165, 1.54) is 6.42 Å². The molecule has 0 unspecified atom stereocenters. The van der Waals surface area contributed by atoms with Crippen LogP contribution in [0.15, 0.2) is 23.1 Å². The van der Waals surface area contributed by atoms with Gasteiger partial charge < -0.3 is 5.32 Å². The molecule has 1 aliphatic heterocycles. The van der Waals surface area contributed by atoms with Crippen molar-refractivity contribution < 1.29 is 8.42 Å². The highest BCUT2D eigenvalue weighted by molar-refractivity contribution is 7.91. The van der Waals surface area contributed by atoms with E-state index in [9.17, 15) is 8.42 Å². The molecule has 1 aromatic carbocycles. The van der Waals surface area contributed by atoms with Crippen LogP contribution in [0.3, 0.4) is 0 Å². The SMILES string of the molecule is Cc1cccc2c1NCC1(CCCCC1)CS2(=O)=O. The van der Waals surface area contributed by atoms with Gasteiger partial charge >= 0.3 is 0 Å². The molecular weight excluding hydrogens is 258 g/mol. The van der Waals surface area contributed by atoms with E-state index < -0.39 is 9.84 Å². The molecule has 1 fully saturated rings. The Hall–Kier alpha value is -1.03. The molecule has 1 saturated carbocycles. The Morgan fingerprint density at radius 2 is 1.89 bits per heavy atom. The second-order valence-corrected chi connectivity index (χ2v) is 8.08. The van der Waals surface area contributed by atoms with Gasteiger partial charge in [0, 0.05) is 12.0 Å². The molecule has 1 heterocycles. The van der Waals surface area contributed by atoms with Gasteiger partial charge in [-0.25, -0.2) is 8.42 Å². The third kappa shape index (κ3) is 2.27. The van der Waals surface area contributed by atoms with Crippen LogP contribution in [0.2, 0.25) is 0 Å². The van der Waals surface area contributed by atoms with Crippen LogP contribution in [0, 0.1) is 12.3 Å². The Morgan fingerprint density at radius 1 is 1.16 bits per heavy atom. The van der Waals surface area contributed by atoms with E-state index in [0.717, 1.165) is 43.5 Å². The molecule has 1 N–H and O–H groups in total. The third-order valence-electron chi connectivity index (χ3n) is 4.62. The normalized spacial score (nSPS) is 24.3. The predicted molar refractivity (Wildman–Crippen MR) is 77.2 cm³/mol. The average Bonchev–Trinajstić information content (AvgIpc) is 2.47. The molecule has 3 nitrogen and oxygen atoms in total. The van der Waals surface area contributed by atoms with Crippen molar-refractivity contribution >= 4 is 15.5 Å². The van der Waals surface area contributed by atoms with Crippen molar-refractivity contribution in [2.75, 3.05) is 17.6 Å². The molecule has 0 atom stereocenters. The van der Waals surface area contributed by atoms with Crippen LogP contribution in [-0.4, -0.2) is 20.7 Å². The summed E-state index contributed by atoms with van der Waals surface area (Å²) in [4.78, 5) is 0.495. The Morgan fingerprint density at radius 3 is 2.63 bits per heavy atom. The fourth-order valence-electron chi connectivity index (χ4n) is 3.56. The minimum atomic E-state index is -3.17. The van der Waals surface area contributed by atoms with E-state index in [1.54, 1.807) is 6.07 Å². The van der Waals surface area contributed by atoms with Gasteiger partial charge in [-0.05, 0) is 31.4 Å². The summed E-state index contributed by atoms with van der Waals surface area (Å²) in [6.45, 7) is 2.77. The fourth-order valence-corrected chi connectivity index (χ4v) is 5.74. The van der Waals surface area contributed by atoms with Crippen molar-refractivity contribution in [1.82, 2.24) is 0 Å². The van der Waals surface area contributed by atoms with Crippen molar-refractivity contribution in [1.29, 1.82) is 0 Å². The summed E-state index contributed by atoms with van der Waals surface area (Å²) in [6, 6.07) is 5.55. The third-order valence-corrected chi connectivity index (χ3v) is 6.62. The molecule has 0 radical (unpaired) electrons. The quantitative estimate of drug-likeness (QED) is 0.793. The number of hydrogen-bond acceptors (Lipinski definition) is 3. The van der Waals surface area contributed by atoms with Gasteiger partial charge in [0.25, 0.3) is 0 Å². The van der Waals surface area contributed by atoms with Crippen LogP contribution in [0.5, 0.6) is 0 Å². The van der Waals surface area contributed by atoms with Gasteiger partial charge in [-0.1, -0.05) is 31.4 Å². The number of rotatable bonds is 0. The Kier molecular flexibility index (Phi) is 3.08. The summed E-state index contributed by atoms with van der Waals surface area (Å²) in [5.41, 5.74) is 1.79. The minimum Gasteiger partial charge on any atom is -0.383 e. The standard InChI is InChI=1S/C15H21NO2S/c1-12-6-5-7-13-14(12)16-10-15(11-19(13,17)18)8-3-2-4-9-15/h5-7,16H,2-4,8-11H2,1H3. The molecule has 0 saturated heterocycles. The van der Waals surface area contributed by atoms with Crippen molar-refractivity contribution in [3.05, 3.63) is 23.8 Å². The number of nitrogens with one attached hydrogen (secondary N) is 1. The summed E-state index contributed by atoms with van der Waals surface area (Å²) in [7, 11) is -3.17. The van der Waals surface area contributed by atoms with Gasteiger partial charge in [0.1, 0.15) is 0 Å². The smallest absolute Gasteiger partial charge is 0.181 e. The maximum absolute atomic E-state index is 12.7.